The fourth-order valence-electron chi connectivity index (χ4n) is 4.07. The molecule has 150 valence electrons. The summed E-state index contributed by atoms with van der Waals surface area (Å²) in [5, 5.41) is 4.67. The molecule has 0 bridgehead atoms. The molecule has 1 aliphatic rings. The van der Waals surface area contributed by atoms with Crippen molar-refractivity contribution >= 4 is 5.78 Å². The van der Waals surface area contributed by atoms with Gasteiger partial charge in [0.2, 0.25) is 0 Å². The topological polar surface area (TPSA) is 62.6 Å². The molecule has 1 aromatic heterocycles. The Labute approximate surface area is 170 Å². The van der Waals surface area contributed by atoms with Crippen LogP contribution in [-0.4, -0.2) is 36.9 Å². The molecule has 3 aromatic rings. The van der Waals surface area contributed by atoms with Gasteiger partial charge in [-0.3, -0.25) is 4.79 Å². The highest BCUT2D eigenvalue weighted by molar-refractivity contribution is 6.00. The molecule has 2 aromatic carbocycles. The molecule has 0 radical (unpaired) electrons. The standard InChI is InChI=1S/C23H24N2O4/c1-14-23-20(25(24-14)16-5-7-17(27-2)8-6-16)11-15(12-21(23)26)19-10-9-18(28-3)13-22(19)29-4/h5-10,13,15H,11-12H2,1-4H3. The second kappa shape index (κ2) is 7.62. The van der Waals surface area contributed by atoms with Gasteiger partial charge in [0.1, 0.15) is 17.2 Å². The molecule has 1 aliphatic carbocycles. The zero-order valence-corrected chi connectivity index (χ0v) is 17.1. The first kappa shape index (κ1) is 19.1. The van der Waals surface area contributed by atoms with Crippen molar-refractivity contribution in [1.82, 2.24) is 9.78 Å². The van der Waals surface area contributed by atoms with Crippen LogP contribution >= 0.6 is 0 Å². The van der Waals surface area contributed by atoms with Gasteiger partial charge in [-0.2, -0.15) is 5.10 Å². The normalized spacial score (nSPS) is 15.7. The average Bonchev–Trinajstić information content (AvgIpc) is 3.10. The lowest BCUT2D eigenvalue weighted by Gasteiger charge is -2.25. The largest absolute Gasteiger partial charge is 0.497 e. The molecule has 0 spiro atoms. The lowest BCUT2D eigenvalue weighted by atomic mass is 9.81. The Morgan fingerprint density at radius 3 is 2.28 bits per heavy atom. The lowest BCUT2D eigenvalue weighted by molar-refractivity contribution is 0.0963. The molecule has 1 unspecified atom stereocenters. The smallest absolute Gasteiger partial charge is 0.167 e. The average molecular weight is 392 g/mol. The van der Waals surface area contributed by atoms with E-state index < -0.39 is 0 Å². The van der Waals surface area contributed by atoms with Crippen molar-refractivity contribution in [1.29, 1.82) is 0 Å². The van der Waals surface area contributed by atoms with Crippen molar-refractivity contribution in [3.05, 3.63) is 65.0 Å². The predicted molar refractivity (Wildman–Crippen MR) is 110 cm³/mol. The molecule has 29 heavy (non-hydrogen) atoms. The van der Waals surface area contributed by atoms with E-state index >= 15 is 0 Å². The summed E-state index contributed by atoms with van der Waals surface area (Å²) in [4.78, 5) is 13.0. The van der Waals surface area contributed by atoms with Crippen molar-refractivity contribution in [2.45, 2.75) is 25.7 Å². The first-order valence-electron chi connectivity index (χ1n) is 9.53. The number of benzene rings is 2. The van der Waals surface area contributed by atoms with Gasteiger partial charge in [0.05, 0.1) is 44.0 Å². The minimum absolute atomic E-state index is 0.0176. The summed E-state index contributed by atoms with van der Waals surface area (Å²) in [5.41, 5.74) is 4.36. The third kappa shape index (κ3) is 3.35. The number of carbonyl (C=O) groups excluding carboxylic acids is 1. The summed E-state index contributed by atoms with van der Waals surface area (Å²) in [6, 6.07) is 13.5. The molecule has 1 atom stereocenters. The second-order valence-electron chi connectivity index (χ2n) is 7.15. The molecule has 1 heterocycles. The van der Waals surface area contributed by atoms with E-state index in [1.54, 1.807) is 21.3 Å². The zero-order chi connectivity index (χ0) is 20.5. The van der Waals surface area contributed by atoms with Crippen LogP contribution in [0.1, 0.15) is 39.6 Å². The van der Waals surface area contributed by atoms with E-state index in [1.165, 1.54) is 0 Å². The van der Waals surface area contributed by atoms with Gasteiger partial charge < -0.3 is 14.2 Å². The van der Waals surface area contributed by atoms with Gasteiger partial charge in [-0.25, -0.2) is 4.68 Å². The predicted octanol–water partition coefficient (Wildman–Crippen LogP) is 4.12. The van der Waals surface area contributed by atoms with E-state index in [9.17, 15) is 4.79 Å². The summed E-state index contributed by atoms with van der Waals surface area (Å²) >= 11 is 0. The molecule has 4 rings (SSSR count). The van der Waals surface area contributed by atoms with Gasteiger partial charge in [-0.1, -0.05) is 6.07 Å². The number of carbonyl (C=O) groups is 1. The monoisotopic (exact) mass is 392 g/mol. The van der Waals surface area contributed by atoms with Crippen LogP contribution in [0.5, 0.6) is 17.2 Å². The SMILES string of the molecule is COc1ccc(-n2nc(C)c3c2CC(c2ccc(OC)cc2OC)CC3=O)cc1. The molecule has 0 N–H and O–H groups in total. The van der Waals surface area contributed by atoms with Crippen LogP contribution in [0.15, 0.2) is 42.5 Å². The number of aromatic nitrogens is 2. The Morgan fingerprint density at radius 1 is 0.931 bits per heavy atom. The summed E-state index contributed by atoms with van der Waals surface area (Å²) in [5.74, 6) is 2.38. The van der Waals surface area contributed by atoms with Crippen LogP contribution in [0, 0.1) is 6.92 Å². The number of rotatable bonds is 5. The van der Waals surface area contributed by atoms with Crippen LogP contribution in [-0.2, 0) is 6.42 Å². The van der Waals surface area contributed by atoms with Crippen LogP contribution < -0.4 is 14.2 Å². The van der Waals surface area contributed by atoms with Gasteiger partial charge in [0, 0.05) is 18.4 Å². The van der Waals surface area contributed by atoms with E-state index in [2.05, 4.69) is 5.10 Å². The third-order valence-electron chi connectivity index (χ3n) is 5.50. The molecule has 0 fully saturated rings. The number of aryl methyl sites for hydroxylation is 1. The molecular formula is C23H24N2O4. The number of hydrogen-bond acceptors (Lipinski definition) is 5. The quantitative estimate of drug-likeness (QED) is 0.654. The van der Waals surface area contributed by atoms with Gasteiger partial charge in [0.15, 0.2) is 5.78 Å². The molecule has 6 heteroatoms. The molecule has 0 aliphatic heterocycles. The zero-order valence-electron chi connectivity index (χ0n) is 17.1. The fourth-order valence-corrected chi connectivity index (χ4v) is 4.07. The minimum atomic E-state index is 0.0176. The second-order valence-corrected chi connectivity index (χ2v) is 7.15. The number of fused-ring (bicyclic) bond motifs is 1. The molecule has 0 saturated carbocycles. The number of Topliss-reactive ketones (excluding diaryl/α,β-unsaturated/α-hetero) is 1. The Hall–Kier alpha value is -3.28. The van der Waals surface area contributed by atoms with Gasteiger partial charge >= 0.3 is 0 Å². The van der Waals surface area contributed by atoms with Gasteiger partial charge in [-0.05, 0) is 49.2 Å². The highest BCUT2D eigenvalue weighted by Gasteiger charge is 2.33. The molecule has 0 amide bonds. The summed E-state index contributed by atoms with van der Waals surface area (Å²) in [7, 11) is 4.90. The lowest BCUT2D eigenvalue weighted by Crippen LogP contribution is -2.21. The van der Waals surface area contributed by atoms with Crippen LogP contribution in [0.4, 0.5) is 0 Å². The summed E-state index contributed by atoms with van der Waals surface area (Å²) in [6.45, 7) is 1.89. The van der Waals surface area contributed by atoms with Crippen LogP contribution in [0.3, 0.4) is 0 Å². The summed E-state index contributed by atoms with van der Waals surface area (Å²) in [6.07, 6.45) is 1.14. The van der Waals surface area contributed by atoms with Gasteiger partial charge in [-0.15, -0.1) is 0 Å². The molecule has 0 saturated heterocycles. The fraction of sp³-hybridized carbons (Fsp3) is 0.304. The number of ether oxygens (including phenoxy) is 3. The third-order valence-corrected chi connectivity index (χ3v) is 5.50. The van der Waals surface area contributed by atoms with Gasteiger partial charge in [0.25, 0.3) is 0 Å². The highest BCUT2D eigenvalue weighted by Crippen LogP contribution is 2.40. The van der Waals surface area contributed by atoms with Crippen LogP contribution in [0.2, 0.25) is 0 Å². The van der Waals surface area contributed by atoms with Crippen molar-refractivity contribution in [2.75, 3.05) is 21.3 Å². The maximum atomic E-state index is 13.0. The number of methoxy groups -OCH3 is 3. The Kier molecular flexibility index (Phi) is 5.01. The molecule has 6 nitrogen and oxygen atoms in total. The first-order valence-corrected chi connectivity index (χ1v) is 9.53. The maximum Gasteiger partial charge on any atom is 0.167 e. The van der Waals surface area contributed by atoms with Crippen molar-refractivity contribution in [3.8, 4) is 22.9 Å². The highest BCUT2D eigenvalue weighted by atomic mass is 16.5. The number of nitrogens with zero attached hydrogens (tertiary/aromatic N) is 2. The number of hydrogen-bond donors (Lipinski definition) is 0. The minimum Gasteiger partial charge on any atom is -0.497 e. The van der Waals surface area contributed by atoms with Crippen molar-refractivity contribution in [3.63, 3.8) is 0 Å². The van der Waals surface area contributed by atoms with E-state index in [4.69, 9.17) is 14.2 Å². The van der Waals surface area contributed by atoms with Crippen molar-refractivity contribution < 1.29 is 19.0 Å². The van der Waals surface area contributed by atoms with E-state index in [0.29, 0.717) is 12.8 Å². The van der Waals surface area contributed by atoms with Crippen molar-refractivity contribution in [2.24, 2.45) is 0 Å². The maximum absolute atomic E-state index is 13.0. The van der Waals surface area contributed by atoms with Crippen LogP contribution in [0.25, 0.3) is 5.69 Å². The Morgan fingerprint density at radius 2 is 1.62 bits per heavy atom. The van der Waals surface area contributed by atoms with E-state index in [-0.39, 0.29) is 11.7 Å². The Balaban J connectivity index is 1.76. The van der Waals surface area contributed by atoms with E-state index in [0.717, 1.165) is 45.5 Å². The summed E-state index contributed by atoms with van der Waals surface area (Å²) < 4.78 is 18.0. The Bertz CT molecular complexity index is 1050. The first-order chi connectivity index (χ1) is 14.0. The van der Waals surface area contributed by atoms with E-state index in [1.807, 2.05) is 54.1 Å². The number of ketones is 1. The molecular weight excluding hydrogens is 368 g/mol.